The quantitative estimate of drug-likeness (QED) is 0.837. The third-order valence-electron chi connectivity index (χ3n) is 2.43. The summed E-state index contributed by atoms with van der Waals surface area (Å²) in [4.78, 5) is 10.8. The Morgan fingerprint density at radius 3 is 2.58 bits per heavy atom. The van der Waals surface area contributed by atoms with E-state index in [0.717, 1.165) is 0 Å². The van der Waals surface area contributed by atoms with E-state index in [4.69, 9.17) is 31.9 Å². The minimum absolute atomic E-state index is 0.0742. The molecule has 1 aromatic rings. The van der Waals surface area contributed by atoms with Crippen molar-refractivity contribution in [3.8, 4) is 11.5 Å². The first-order chi connectivity index (χ1) is 8.85. The van der Waals surface area contributed by atoms with E-state index in [-0.39, 0.29) is 12.5 Å². The van der Waals surface area contributed by atoms with Crippen LogP contribution in [0.4, 0.5) is 0 Å². The van der Waals surface area contributed by atoms with Crippen molar-refractivity contribution >= 4 is 17.6 Å². The van der Waals surface area contributed by atoms with Gasteiger partial charge in [-0.1, -0.05) is 11.6 Å². The standard InChI is InChI=1S/C13H18ClNO4/c1-7(2)19-12-8(5-10(15)13(16)17)4-9(14)6-11(12)18-3/h4,6-7,10H,5,15H2,1-3H3,(H,16,17). The van der Waals surface area contributed by atoms with E-state index in [1.807, 2.05) is 13.8 Å². The van der Waals surface area contributed by atoms with Gasteiger partial charge < -0.3 is 20.3 Å². The van der Waals surface area contributed by atoms with Crippen molar-refractivity contribution in [1.29, 1.82) is 0 Å². The number of aliphatic carboxylic acids is 1. The summed E-state index contributed by atoms with van der Waals surface area (Å²) in [5.41, 5.74) is 6.17. The normalized spacial score (nSPS) is 12.3. The molecule has 1 aromatic carbocycles. The van der Waals surface area contributed by atoms with Gasteiger partial charge in [-0.25, -0.2) is 0 Å². The van der Waals surface area contributed by atoms with Crippen LogP contribution in [0, 0.1) is 0 Å². The second-order valence-corrected chi connectivity index (χ2v) is 4.85. The molecule has 1 unspecified atom stereocenters. The van der Waals surface area contributed by atoms with Gasteiger partial charge in [0.1, 0.15) is 6.04 Å². The lowest BCUT2D eigenvalue weighted by atomic mass is 10.0. The second-order valence-electron chi connectivity index (χ2n) is 4.41. The van der Waals surface area contributed by atoms with Gasteiger partial charge in [-0.15, -0.1) is 0 Å². The molecular weight excluding hydrogens is 270 g/mol. The molecule has 3 N–H and O–H groups in total. The SMILES string of the molecule is COc1cc(Cl)cc(CC(N)C(=O)O)c1OC(C)C. The molecule has 0 saturated carbocycles. The van der Waals surface area contributed by atoms with Crippen molar-refractivity contribution in [3.63, 3.8) is 0 Å². The Morgan fingerprint density at radius 1 is 1.47 bits per heavy atom. The summed E-state index contributed by atoms with van der Waals surface area (Å²) in [5, 5.41) is 9.33. The summed E-state index contributed by atoms with van der Waals surface area (Å²) in [6.45, 7) is 3.74. The van der Waals surface area contributed by atoms with Crippen molar-refractivity contribution in [2.75, 3.05) is 7.11 Å². The number of hydrogen-bond donors (Lipinski definition) is 2. The molecule has 6 heteroatoms. The summed E-state index contributed by atoms with van der Waals surface area (Å²) in [7, 11) is 1.50. The van der Waals surface area contributed by atoms with Gasteiger partial charge in [-0.3, -0.25) is 4.79 Å². The molecule has 0 bridgehead atoms. The summed E-state index contributed by atoms with van der Waals surface area (Å²) >= 11 is 5.98. The number of carboxylic acid groups (broad SMARTS) is 1. The van der Waals surface area contributed by atoms with Crippen molar-refractivity contribution in [2.45, 2.75) is 32.4 Å². The van der Waals surface area contributed by atoms with Crippen LogP contribution < -0.4 is 15.2 Å². The second kappa shape index (κ2) is 6.63. The van der Waals surface area contributed by atoms with Gasteiger partial charge in [0.2, 0.25) is 0 Å². The van der Waals surface area contributed by atoms with Gasteiger partial charge in [0.05, 0.1) is 13.2 Å². The van der Waals surface area contributed by atoms with E-state index in [2.05, 4.69) is 0 Å². The van der Waals surface area contributed by atoms with Gasteiger partial charge >= 0.3 is 5.97 Å². The van der Waals surface area contributed by atoms with Crippen LogP contribution >= 0.6 is 11.6 Å². The monoisotopic (exact) mass is 287 g/mol. The fraction of sp³-hybridized carbons (Fsp3) is 0.462. The van der Waals surface area contributed by atoms with E-state index in [0.29, 0.717) is 22.1 Å². The molecule has 0 radical (unpaired) electrons. The van der Waals surface area contributed by atoms with Gasteiger partial charge in [0.15, 0.2) is 11.5 Å². The predicted octanol–water partition coefficient (Wildman–Crippen LogP) is 2.09. The van der Waals surface area contributed by atoms with Crippen molar-refractivity contribution in [3.05, 3.63) is 22.7 Å². The smallest absolute Gasteiger partial charge is 0.320 e. The summed E-state index contributed by atoms with van der Waals surface area (Å²) < 4.78 is 10.9. The van der Waals surface area contributed by atoms with Crippen LogP contribution in [0.2, 0.25) is 5.02 Å². The Morgan fingerprint density at radius 2 is 2.11 bits per heavy atom. The number of ether oxygens (including phenoxy) is 2. The summed E-state index contributed by atoms with van der Waals surface area (Å²) in [6.07, 6.45) is 0.0452. The lowest BCUT2D eigenvalue weighted by Crippen LogP contribution is -2.32. The average Bonchev–Trinajstić information content (AvgIpc) is 2.31. The molecule has 0 saturated heterocycles. The molecule has 1 atom stereocenters. The molecule has 5 nitrogen and oxygen atoms in total. The molecule has 0 aromatic heterocycles. The zero-order valence-electron chi connectivity index (χ0n) is 11.1. The molecule has 106 valence electrons. The van der Waals surface area contributed by atoms with Gasteiger partial charge in [-0.05, 0) is 19.9 Å². The maximum atomic E-state index is 10.8. The van der Waals surface area contributed by atoms with Crippen LogP contribution in [0.15, 0.2) is 12.1 Å². The van der Waals surface area contributed by atoms with Gasteiger partial charge in [0, 0.05) is 23.1 Å². The largest absolute Gasteiger partial charge is 0.493 e. The number of halogens is 1. The number of rotatable bonds is 6. The molecule has 0 heterocycles. The number of hydrogen-bond acceptors (Lipinski definition) is 4. The number of benzene rings is 1. The zero-order valence-corrected chi connectivity index (χ0v) is 11.9. The Kier molecular flexibility index (Phi) is 5.44. The molecule has 1 rings (SSSR count). The number of carboxylic acids is 1. The first-order valence-electron chi connectivity index (χ1n) is 5.86. The molecular formula is C13H18ClNO4. The van der Waals surface area contributed by atoms with Crippen LogP contribution in [0.1, 0.15) is 19.4 Å². The topological polar surface area (TPSA) is 81.8 Å². The molecule has 0 fully saturated rings. The first-order valence-corrected chi connectivity index (χ1v) is 6.24. The Bertz CT molecular complexity index is 462. The van der Waals surface area contributed by atoms with Crippen LogP contribution in [-0.4, -0.2) is 30.3 Å². The molecule has 0 spiro atoms. The van der Waals surface area contributed by atoms with E-state index in [1.54, 1.807) is 12.1 Å². The van der Waals surface area contributed by atoms with E-state index < -0.39 is 12.0 Å². The van der Waals surface area contributed by atoms with Gasteiger partial charge in [0.25, 0.3) is 0 Å². The molecule has 19 heavy (non-hydrogen) atoms. The molecule has 0 aliphatic heterocycles. The van der Waals surface area contributed by atoms with E-state index in [1.165, 1.54) is 7.11 Å². The van der Waals surface area contributed by atoms with Crippen molar-refractivity contribution in [1.82, 2.24) is 0 Å². The third-order valence-corrected chi connectivity index (χ3v) is 2.65. The lowest BCUT2D eigenvalue weighted by Gasteiger charge is -2.19. The van der Waals surface area contributed by atoms with Crippen molar-refractivity contribution in [2.24, 2.45) is 5.73 Å². The van der Waals surface area contributed by atoms with Crippen LogP contribution in [0.3, 0.4) is 0 Å². The summed E-state index contributed by atoms with van der Waals surface area (Å²) in [5.74, 6) is -0.123. The van der Waals surface area contributed by atoms with Crippen molar-refractivity contribution < 1.29 is 19.4 Å². The number of methoxy groups -OCH3 is 1. The highest BCUT2D eigenvalue weighted by molar-refractivity contribution is 6.30. The maximum Gasteiger partial charge on any atom is 0.320 e. The Hall–Kier alpha value is -1.46. The molecule has 0 amide bonds. The van der Waals surface area contributed by atoms with Crippen LogP contribution in [-0.2, 0) is 11.2 Å². The highest BCUT2D eigenvalue weighted by Crippen LogP contribution is 2.36. The fourth-order valence-corrected chi connectivity index (χ4v) is 1.85. The number of carbonyl (C=O) groups is 1. The highest BCUT2D eigenvalue weighted by atomic mass is 35.5. The molecule has 0 aliphatic rings. The molecule has 0 aliphatic carbocycles. The maximum absolute atomic E-state index is 10.8. The Labute approximate surface area is 117 Å². The third kappa shape index (κ3) is 4.29. The van der Waals surface area contributed by atoms with Crippen LogP contribution in [0.25, 0.3) is 0 Å². The summed E-state index contributed by atoms with van der Waals surface area (Å²) in [6, 6.07) is 2.25. The van der Waals surface area contributed by atoms with Crippen LogP contribution in [0.5, 0.6) is 11.5 Å². The Balaban J connectivity index is 3.18. The van der Waals surface area contributed by atoms with E-state index in [9.17, 15) is 4.79 Å². The van der Waals surface area contributed by atoms with Gasteiger partial charge in [-0.2, -0.15) is 0 Å². The highest BCUT2D eigenvalue weighted by Gasteiger charge is 2.19. The lowest BCUT2D eigenvalue weighted by molar-refractivity contribution is -0.138. The first kappa shape index (κ1) is 15.6. The minimum Gasteiger partial charge on any atom is -0.493 e. The number of nitrogens with two attached hydrogens (primary N) is 1. The van der Waals surface area contributed by atoms with E-state index >= 15 is 0 Å². The average molecular weight is 288 g/mol. The minimum atomic E-state index is -1.07. The zero-order chi connectivity index (χ0) is 14.6. The predicted molar refractivity (Wildman–Crippen MR) is 73.1 cm³/mol. The fourth-order valence-electron chi connectivity index (χ4n) is 1.62.